The van der Waals surface area contributed by atoms with Crippen molar-refractivity contribution in [3.8, 4) is 0 Å². The van der Waals surface area contributed by atoms with Crippen molar-refractivity contribution in [1.82, 2.24) is 0 Å². The smallest absolute Gasteiger partial charge is 0.0843 e. The van der Waals surface area contributed by atoms with Crippen LogP contribution in [-0.2, 0) is 10.8 Å². The summed E-state index contributed by atoms with van der Waals surface area (Å²) in [5.41, 5.74) is 9.06. The summed E-state index contributed by atoms with van der Waals surface area (Å²) in [6.07, 6.45) is 0. The van der Waals surface area contributed by atoms with Gasteiger partial charge in [0.15, 0.2) is 0 Å². The van der Waals surface area contributed by atoms with E-state index >= 15 is 0 Å². The minimum absolute atomic E-state index is 0.227. The lowest BCUT2D eigenvalue weighted by Crippen LogP contribution is -2.44. The van der Waals surface area contributed by atoms with E-state index in [1.807, 2.05) is 0 Å². The van der Waals surface area contributed by atoms with Crippen LogP contribution in [0.1, 0.15) is 47.2 Å². The van der Waals surface area contributed by atoms with Crippen LogP contribution in [0.4, 0.5) is 0 Å². The number of hydrogen-bond acceptors (Lipinski definition) is 0. The molecule has 0 heterocycles. The van der Waals surface area contributed by atoms with E-state index in [1.165, 1.54) is 43.3 Å². The van der Waals surface area contributed by atoms with Crippen molar-refractivity contribution in [1.29, 1.82) is 0 Å². The second-order valence-electron chi connectivity index (χ2n) is 8.64. The molecule has 0 bridgehead atoms. The summed E-state index contributed by atoms with van der Waals surface area (Å²) >= 11 is 3.95. The van der Waals surface area contributed by atoms with Crippen LogP contribution >= 0.6 is 15.9 Å². The monoisotopic (exact) mass is 450 g/mol. The summed E-state index contributed by atoms with van der Waals surface area (Å²) in [4.78, 5) is 0. The number of hydrogen-bond donors (Lipinski definition) is 0. The average molecular weight is 451 g/mol. The van der Waals surface area contributed by atoms with E-state index in [1.54, 1.807) is 0 Å². The fourth-order valence-corrected chi connectivity index (χ4v) is 6.37. The van der Waals surface area contributed by atoms with Crippen LogP contribution in [0.15, 0.2) is 102 Å². The first-order chi connectivity index (χ1) is 14.5. The number of benzene rings is 4. The van der Waals surface area contributed by atoms with E-state index < -0.39 is 0 Å². The largest absolute Gasteiger partial charge is 0.139 e. The van der Waals surface area contributed by atoms with Gasteiger partial charge in [-0.2, -0.15) is 0 Å². The van der Waals surface area contributed by atoms with Gasteiger partial charge in [-0.15, -0.1) is 0 Å². The fourth-order valence-electron chi connectivity index (χ4n) is 5.61. The molecule has 5 rings (SSSR count). The van der Waals surface area contributed by atoms with E-state index in [4.69, 9.17) is 0 Å². The Bertz CT molecular complexity index is 1130. The lowest BCUT2D eigenvalue weighted by molar-refractivity contribution is 0.568. The number of fused-ring (bicyclic) bond motifs is 2. The molecule has 146 valence electrons. The van der Waals surface area contributed by atoms with Gasteiger partial charge in [0.1, 0.15) is 7.85 Å². The molecular formula is C28H24BBr. The Morgan fingerprint density at radius 1 is 0.567 bits per heavy atom. The van der Waals surface area contributed by atoms with Crippen LogP contribution in [0, 0.1) is 0 Å². The van der Waals surface area contributed by atoms with E-state index in [9.17, 15) is 0 Å². The Balaban J connectivity index is 1.98. The summed E-state index contributed by atoms with van der Waals surface area (Å²) in [6.45, 7) is 4.78. The van der Waals surface area contributed by atoms with Crippen molar-refractivity contribution in [2.75, 3.05) is 0 Å². The molecule has 0 nitrogen and oxygen atoms in total. The normalized spacial score (nSPS) is 22.2. The molecule has 0 radical (unpaired) electrons. The molecule has 1 aliphatic carbocycles. The summed E-state index contributed by atoms with van der Waals surface area (Å²) in [5.74, 6) is 0. The van der Waals surface area contributed by atoms with Crippen LogP contribution < -0.4 is 5.46 Å². The minimum Gasteiger partial charge on any atom is -0.0843 e. The van der Waals surface area contributed by atoms with Crippen molar-refractivity contribution in [2.24, 2.45) is 0 Å². The lowest BCUT2D eigenvalue weighted by Gasteiger charge is -2.49. The third-order valence-corrected chi connectivity index (χ3v) is 7.73. The quantitative estimate of drug-likeness (QED) is 0.342. The fraction of sp³-hybridized carbons (Fsp3) is 0.143. The second kappa shape index (κ2) is 6.99. The molecule has 4 aromatic carbocycles. The molecule has 2 atom stereocenters. The predicted molar refractivity (Wildman–Crippen MR) is 133 cm³/mol. The number of rotatable bonds is 2. The molecule has 0 amide bonds. The van der Waals surface area contributed by atoms with Crippen molar-refractivity contribution in [2.45, 2.75) is 24.7 Å². The molecule has 0 aromatic heterocycles. The van der Waals surface area contributed by atoms with Gasteiger partial charge in [-0.25, -0.2) is 0 Å². The first kappa shape index (κ1) is 19.4. The molecular weight excluding hydrogens is 427 g/mol. The van der Waals surface area contributed by atoms with E-state index in [-0.39, 0.29) is 10.8 Å². The Hall–Kier alpha value is -2.58. The van der Waals surface area contributed by atoms with E-state index in [0.717, 1.165) is 0 Å². The molecule has 30 heavy (non-hydrogen) atoms. The van der Waals surface area contributed by atoms with Gasteiger partial charge in [-0.1, -0.05) is 112 Å². The molecule has 0 aliphatic heterocycles. The Morgan fingerprint density at radius 2 is 1.03 bits per heavy atom. The highest BCUT2D eigenvalue weighted by Crippen LogP contribution is 2.56. The predicted octanol–water partition coefficient (Wildman–Crippen LogP) is 5.73. The van der Waals surface area contributed by atoms with Crippen molar-refractivity contribution in [3.05, 3.63) is 135 Å². The van der Waals surface area contributed by atoms with Gasteiger partial charge in [-0.3, -0.25) is 0 Å². The Morgan fingerprint density at radius 3 is 1.60 bits per heavy atom. The van der Waals surface area contributed by atoms with Gasteiger partial charge in [0, 0.05) is 15.3 Å². The third kappa shape index (κ3) is 2.53. The van der Waals surface area contributed by atoms with Crippen LogP contribution in [-0.4, -0.2) is 7.85 Å². The highest BCUT2D eigenvalue weighted by Gasteiger charge is 2.49. The molecule has 1 aliphatic rings. The molecule has 0 saturated heterocycles. The van der Waals surface area contributed by atoms with Gasteiger partial charge in [-0.05, 0) is 53.3 Å². The average Bonchev–Trinajstić information content (AvgIpc) is 2.78. The highest BCUT2D eigenvalue weighted by molar-refractivity contribution is 9.10. The highest BCUT2D eigenvalue weighted by atomic mass is 79.9. The van der Waals surface area contributed by atoms with Gasteiger partial charge in [0.05, 0.1) is 0 Å². The van der Waals surface area contributed by atoms with Crippen LogP contribution in [0.5, 0.6) is 0 Å². The maximum Gasteiger partial charge on any atom is 0.139 e. The zero-order valence-corrected chi connectivity index (χ0v) is 19.2. The molecule has 0 saturated carbocycles. The van der Waals surface area contributed by atoms with Crippen LogP contribution in [0.25, 0.3) is 0 Å². The molecule has 2 heteroatoms. The summed E-state index contributed by atoms with van der Waals surface area (Å²) in [6, 6.07) is 35.4. The third-order valence-electron chi connectivity index (χ3n) is 7.07. The molecule has 4 aromatic rings. The van der Waals surface area contributed by atoms with Crippen LogP contribution in [0.3, 0.4) is 0 Å². The Kier molecular flexibility index (Phi) is 4.52. The molecule has 0 fully saturated rings. The van der Waals surface area contributed by atoms with Crippen molar-refractivity contribution in [3.63, 3.8) is 0 Å². The maximum atomic E-state index is 3.95. The maximum absolute atomic E-state index is 3.95. The molecule has 0 N–H and O–H groups in total. The van der Waals surface area contributed by atoms with Crippen LogP contribution in [0.2, 0.25) is 0 Å². The second-order valence-corrected chi connectivity index (χ2v) is 9.50. The van der Waals surface area contributed by atoms with Gasteiger partial charge in [0.2, 0.25) is 0 Å². The standard InChI is InChI=1S/C28H24BBr/c1-27(19-11-5-3-6-12-19)22-16-10-18-24(30)26(22)28(2,20-13-7-4-8-14-20)21-15-9-17-23(29)25(21)27/h3-18H,29H2,1-2H3. The first-order valence-corrected chi connectivity index (χ1v) is 11.3. The summed E-state index contributed by atoms with van der Waals surface area (Å²) in [5, 5.41) is 0. The Labute approximate surface area is 188 Å². The summed E-state index contributed by atoms with van der Waals surface area (Å²) < 4.78 is 1.17. The van der Waals surface area contributed by atoms with Gasteiger partial charge in [0.25, 0.3) is 0 Å². The first-order valence-electron chi connectivity index (χ1n) is 10.5. The zero-order valence-electron chi connectivity index (χ0n) is 17.6. The van der Waals surface area contributed by atoms with Crippen molar-refractivity contribution >= 4 is 29.2 Å². The lowest BCUT2D eigenvalue weighted by atomic mass is 9.53. The summed E-state index contributed by atoms with van der Waals surface area (Å²) in [7, 11) is 2.26. The molecule has 0 spiro atoms. The zero-order chi connectivity index (χ0) is 20.9. The van der Waals surface area contributed by atoms with Gasteiger partial charge >= 0.3 is 0 Å². The topological polar surface area (TPSA) is 0 Å². The van der Waals surface area contributed by atoms with Crippen molar-refractivity contribution < 1.29 is 0 Å². The molecule has 2 unspecified atom stereocenters. The van der Waals surface area contributed by atoms with E-state index in [2.05, 4.69) is 135 Å². The van der Waals surface area contributed by atoms with E-state index in [0.29, 0.717) is 0 Å². The van der Waals surface area contributed by atoms with Gasteiger partial charge < -0.3 is 0 Å². The minimum atomic E-state index is -0.244. The SMILES string of the molecule is Bc1cccc2c1C(C)(c1ccccc1)c1cccc(Br)c1C2(C)c1ccccc1. The number of halogens is 1.